The number of rotatable bonds is 8. The van der Waals surface area contributed by atoms with E-state index < -0.39 is 24.3 Å². The number of aromatic nitrogens is 3. The Morgan fingerprint density at radius 1 is 1.03 bits per heavy atom. The number of alkyl halides is 6. The van der Waals surface area contributed by atoms with Crippen LogP contribution in [0.3, 0.4) is 0 Å². The number of aliphatic imine (C=N–C) groups is 1. The summed E-state index contributed by atoms with van der Waals surface area (Å²) < 4.78 is 63.5. The summed E-state index contributed by atoms with van der Waals surface area (Å²) in [5.74, 6) is -4.23. The van der Waals surface area contributed by atoms with E-state index in [1.54, 1.807) is 12.4 Å². The molecule has 0 saturated heterocycles. The van der Waals surface area contributed by atoms with E-state index in [2.05, 4.69) is 32.2 Å². The summed E-state index contributed by atoms with van der Waals surface area (Å²) in [7, 11) is 0. The molecule has 0 saturated carbocycles. The molecule has 10 nitrogen and oxygen atoms in total. The summed E-state index contributed by atoms with van der Waals surface area (Å²) in [6.45, 7) is 3.06. The lowest BCUT2D eigenvalue weighted by atomic mass is 10.1. The summed E-state index contributed by atoms with van der Waals surface area (Å²) in [5, 5.41) is 27.5. The number of H-pyrrole nitrogens is 1. The monoisotopic (exact) mass is 553 g/mol. The van der Waals surface area contributed by atoms with Crippen LogP contribution in [-0.2, 0) is 9.59 Å². The maximum atomic E-state index is 10.6. The number of imidazole rings is 1. The van der Waals surface area contributed by atoms with Gasteiger partial charge in [0.1, 0.15) is 5.69 Å². The minimum absolute atomic E-state index is 0.0123. The first-order chi connectivity index (χ1) is 17.7. The van der Waals surface area contributed by atoms with Crippen LogP contribution < -0.4 is 5.32 Å². The Bertz CT molecular complexity index is 1100. The Balaban J connectivity index is 0.000000426. The highest BCUT2D eigenvalue weighted by atomic mass is 19.4. The predicted molar refractivity (Wildman–Crippen MR) is 125 cm³/mol. The molecule has 16 heteroatoms. The molecule has 0 unspecified atom stereocenters. The molecule has 0 aliphatic carbocycles. The highest BCUT2D eigenvalue weighted by molar-refractivity contribution is 6.20. The molecule has 0 fully saturated rings. The zero-order valence-electron chi connectivity index (χ0n) is 19.9. The van der Waals surface area contributed by atoms with Gasteiger partial charge in [-0.15, -0.1) is 0 Å². The number of fused-ring (bicyclic) bond motifs is 1. The standard InChI is InChI=1S/C18H23N5O.2C2HF3O2/c1-2-3-4-5-6-9-20-18-22-15(17(24)23-18)11-13-12-21-16-14(13)8-7-10-19-16;2*3-2(4,5)1(6)7/h7-8,10-12,24H,2-6,9H2,1H3,(H2,20,22,23);2*(H,6,7)/b13-11+;;. The van der Waals surface area contributed by atoms with Crippen LogP contribution in [0, 0.1) is 0 Å². The molecule has 0 spiro atoms. The molecule has 210 valence electrons. The van der Waals surface area contributed by atoms with Crippen molar-refractivity contribution in [3.63, 3.8) is 0 Å². The number of anilines is 1. The number of aromatic amines is 1. The van der Waals surface area contributed by atoms with E-state index in [1.807, 2.05) is 18.2 Å². The van der Waals surface area contributed by atoms with Gasteiger partial charge in [0.25, 0.3) is 0 Å². The number of carboxylic acid groups (broad SMARTS) is 2. The second-order valence-corrected chi connectivity index (χ2v) is 7.50. The van der Waals surface area contributed by atoms with Gasteiger partial charge in [-0.25, -0.2) is 19.6 Å². The van der Waals surface area contributed by atoms with Crippen molar-refractivity contribution >= 4 is 41.6 Å². The van der Waals surface area contributed by atoms with Gasteiger partial charge in [0, 0.05) is 30.1 Å². The molecule has 38 heavy (non-hydrogen) atoms. The summed E-state index contributed by atoms with van der Waals surface area (Å²) in [6.07, 6.45) is 1.26. The molecule has 1 aliphatic heterocycles. The second kappa shape index (κ2) is 14.6. The van der Waals surface area contributed by atoms with Crippen LogP contribution in [0.4, 0.5) is 38.1 Å². The van der Waals surface area contributed by atoms with E-state index in [-0.39, 0.29) is 5.88 Å². The fraction of sp³-hybridized carbons (Fsp3) is 0.409. The number of hydrogen-bond acceptors (Lipinski definition) is 7. The molecule has 0 amide bonds. The zero-order valence-corrected chi connectivity index (χ0v) is 19.9. The largest absolute Gasteiger partial charge is 0.492 e. The van der Waals surface area contributed by atoms with E-state index in [0.29, 0.717) is 17.5 Å². The first-order valence-electron chi connectivity index (χ1n) is 11.0. The van der Waals surface area contributed by atoms with Crippen LogP contribution in [0.5, 0.6) is 5.88 Å². The molecular formula is C22H25F6N5O5. The molecular weight excluding hydrogens is 528 g/mol. The van der Waals surface area contributed by atoms with Crippen molar-refractivity contribution in [3.8, 4) is 5.88 Å². The van der Waals surface area contributed by atoms with Gasteiger partial charge < -0.3 is 25.6 Å². The summed E-state index contributed by atoms with van der Waals surface area (Å²) in [6, 6.07) is 3.84. The van der Waals surface area contributed by atoms with Crippen LogP contribution >= 0.6 is 0 Å². The number of aliphatic carboxylic acids is 2. The van der Waals surface area contributed by atoms with E-state index in [0.717, 1.165) is 24.1 Å². The van der Waals surface area contributed by atoms with Gasteiger partial charge in [0.15, 0.2) is 5.82 Å². The predicted octanol–water partition coefficient (Wildman–Crippen LogP) is 5.42. The van der Waals surface area contributed by atoms with Gasteiger partial charge in [-0.1, -0.05) is 32.6 Å². The molecule has 0 radical (unpaired) electrons. The molecule has 3 heterocycles. The fourth-order valence-corrected chi connectivity index (χ4v) is 2.69. The Hall–Kier alpha value is -4.11. The Morgan fingerprint density at radius 2 is 1.61 bits per heavy atom. The van der Waals surface area contributed by atoms with E-state index >= 15 is 0 Å². The normalized spacial score (nSPS) is 13.2. The topological polar surface area (TPSA) is 161 Å². The Kier molecular flexibility index (Phi) is 12.3. The van der Waals surface area contributed by atoms with Gasteiger partial charge in [0.05, 0.1) is 0 Å². The van der Waals surface area contributed by atoms with E-state index in [4.69, 9.17) is 19.8 Å². The molecule has 3 rings (SSSR count). The Labute approximate surface area is 212 Å². The van der Waals surface area contributed by atoms with Gasteiger partial charge in [-0.05, 0) is 24.6 Å². The maximum absolute atomic E-state index is 10.6. The number of pyridine rings is 1. The molecule has 5 N–H and O–H groups in total. The van der Waals surface area contributed by atoms with Crippen LogP contribution in [0.25, 0.3) is 11.6 Å². The highest BCUT2D eigenvalue weighted by Crippen LogP contribution is 2.31. The van der Waals surface area contributed by atoms with Crippen molar-refractivity contribution < 1.29 is 51.3 Å². The number of hydrogen-bond donors (Lipinski definition) is 5. The average molecular weight is 553 g/mol. The molecule has 2 aromatic heterocycles. The average Bonchev–Trinajstić information content (AvgIpc) is 3.39. The molecule has 0 aromatic carbocycles. The van der Waals surface area contributed by atoms with E-state index in [9.17, 15) is 31.4 Å². The van der Waals surface area contributed by atoms with Crippen molar-refractivity contribution in [1.82, 2.24) is 15.0 Å². The first-order valence-corrected chi connectivity index (χ1v) is 11.0. The molecule has 1 aliphatic rings. The maximum Gasteiger partial charge on any atom is 0.490 e. The van der Waals surface area contributed by atoms with Crippen LogP contribution in [0.15, 0.2) is 23.3 Å². The SMILES string of the molecule is CCCCCCCNc1nc(O)c(/C=C2\C=Nc3ncccc32)[nH]1.O=C(O)C(F)(F)F.O=C(O)C(F)(F)F. The van der Waals surface area contributed by atoms with Crippen molar-refractivity contribution in [2.75, 3.05) is 11.9 Å². The van der Waals surface area contributed by atoms with Crippen molar-refractivity contribution in [3.05, 3.63) is 29.6 Å². The third-order valence-electron chi connectivity index (χ3n) is 4.49. The minimum Gasteiger partial charge on any atom is -0.492 e. The fourth-order valence-electron chi connectivity index (χ4n) is 2.69. The third kappa shape index (κ3) is 11.3. The number of carboxylic acids is 2. The van der Waals surface area contributed by atoms with Gasteiger partial charge in [-0.2, -0.15) is 31.3 Å². The highest BCUT2D eigenvalue weighted by Gasteiger charge is 2.38. The van der Waals surface area contributed by atoms with E-state index in [1.165, 1.54) is 25.7 Å². The third-order valence-corrected chi connectivity index (χ3v) is 4.49. The lowest BCUT2D eigenvalue weighted by Gasteiger charge is -2.02. The van der Waals surface area contributed by atoms with Crippen LogP contribution in [-0.4, -0.2) is 67.3 Å². The molecule has 0 atom stereocenters. The van der Waals surface area contributed by atoms with Crippen LogP contribution in [0.1, 0.15) is 50.3 Å². The van der Waals surface area contributed by atoms with Gasteiger partial charge in [0.2, 0.25) is 11.8 Å². The number of carbonyl (C=O) groups is 2. The number of aromatic hydroxyl groups is 1. The van der Waals surface area contributed by atoms with Gasteiger partial charge in [-0.3, -0.25) is 0 Å². The Morgan fingerprint density at radius 3 is 2.16 bits per heavy atom. The molecule has 0 bridgehead atoms. The summed E-state index contributed by atoms with van der Waals surface area (Å²) in [4.78, 5) is 33.5. The van der Waals surface area contributed by atoms with Gasteiger partial charge >= 0.3 is 24.3 Å². The number of nitrogens with one attached hydrogen (secondary N) is 2. The summed E-state index contributed by atoms with van der Waals surface area (Å²) in [5.41, 5.74) is 2.43. The quantitative estimate of drug-likeness (QED) is 0.214. The van der Waals surface area contributed by atoms with Crippen molar-refractivity contribution in [2.45, 2.75) is 51.4 Å². The van der Waals surface area contributed by atoms with Crippen molar-refractivity contribution in [2.24, 2.45) is 4.99 Å². The second-order valence-electron chi connectivity index (χ2n) is 7.50. The lowest BCUT2D eigenvalue weighted by Crippen LogP contribution is -2.21. The number of allylic oxidation sites excluding steroid dienone is 1. The lowest BCUT2D eigenvalue weighted by molar-refractivity contribution is -0.193. The number of halogens is 6. The van der Waals surface area contributed by atoms with Crippen molar-refractivity contribution in [1.29, 1.82) is 0 Å². The van der Waals surface area contributed by atoms with Crippen LogP contribution in [0.2, 0.25) is 0 Å². The molecule has 2 aromatic rings. The first kappa shape index (κ1) is 31.9. The zero-order chi connectivity index (χ0) is 28.9. The number of unbranched alkanes of at least 4 members (excludes halogenated alkanes) is 4. The number of nitrogens with zero attached hydrogens (tertiary/aromatic N) is 3. The minimum atomic E-state index is -5.08. The smallest absolute Gasteiger partial charge is 0.490 e. The summed E-state index contributed by atoms with van der Waals surface area (Å²) >= 11 is 0.